The molecule has 76 valence electrons. The van der Waals surface area contributed by atoms with Crippen molar-refractivity contribution in [1.82, 2.24) is 5.32 Å². The fourth-order valence-electron chi connectivity index (χ4n) is 1.02. The third-order valence-corrected chi connectivity index (χ3v) is 1.73. The molecule has 0 atom stereocenters. The first-order chi connectivity index (χ1) is 6.68. The van der Waals surface area contributed by atoms with Crippen molar-refractivity contribution in [3.8, 4) is 0 Å². The van der Waals surface area contributed by atoms with E-state index in [0.29, 0.717) is 12.6 Å². The van der Waals surface area contributed by atoms with Crippen molar-refractivity contribution < 1.29 is 4.79 Å². The Morgan fingerprint density at radius 1 is 1.29 bits per heavy atom. The molecule has 1 amide bonds. The van der Waals surface area contributed by atoms with Crippen molar-refractivity contribution >= 4 is 11.6 Å². The first-order valence-electron chi connectivity index (χ1n) is 4.77. The number of hydrogen-bond donors (Lipinski definition) is 2. The molecule has 0 aliphatic rings. The van der Waals surface area contributed by atoms with Crippen LogP contribution in [0.5, 0.6) is 0 Å². The Labute approximate surface area is 84.5 Å². The summed E-state index contributed by atoms with van der Waals surface area (Å²) in [4.78, 5) is 11.3. The zero-order chi connectivity index (χ0) is 10.4. The molecule has 0 spiro atoms. The summed E-state index contributed by atoms with van der Waals surface area (Å²) < 4.78 is 0. The van der Waals surface area contributed by atoms with Crippen LogP contribution in [0.25, 0.3) is 0 Å². The first kappa shape index (κ1) is 10.7. The lowest BCUT2D eigenvalue weighted by Crippen LogP contribution is -2.32. The average molecular weight is 192 g/mol. The second-order valence-electron chi connectivity index (χ2n) is 3.45. The smallest absolute Gasteiger partial charge is 0.238 e. The highest BCUT2D eigenvalue weighted by atomic mass is 16.1. The molecule has 0 aliphatic heterocycles. The molecule has 0 radical (unpaired) electrons. The van der Waals surface area contributed by atoms with Crippen molar-refractivity contribution in [1.29, 1.82) is 0 Å². The highest BCUT2D eigenvalue weighted by molar-refractivity contribution is 5.92. The molecule has 0 saturated heterocycles. The number of para-hydroxylation sites is 1. The van der Waals surface area contributed by atoms with Crippen molar-refractivity contribution in [3.63, 3.8) is 0 Å². The molecule has 2 N–H and O–H groups in total. The van der Waals surface area contributed by atoms with Gasteiger partial charge in [0.2, 0.25) is 5.91 Å². The number of amides is 1. The predicted molar refractivity (Wildman–Crippen MR) is 58.2 cm³/mol. The van der Waals surface area contributed by atoms with Crippen molar-refractivity contribution in [2.75, 3.05) is 11.9 Å². The predicted octanol–water partition coefficient (Wildman–Crippen LogP) is 1.62. The summed E-state index contributed by atoms with van der Waals surface area (Å²) in [7, 11) is 0. The van der Waals surface area contributed by atoms with Crippen molar-refractivity contribution in [3.05, 3.63) is 30.3 Å². The molecule has 1 aromatic rings. The van der Waals surface area contributed by atoms with E-state index in [4.69, 9.17) is 0 Å². The fraction of sp³-hybridized carbons (Fsp3) is 0.364. The Balaban J connectivity index is 2.35. The molecule has 0 saturated carbocycles. The van der Waals surface area contributed by atoms with Crippen LogP contribution in [-0.4, -0.2) is 18.5 Å². The van der Waals surface area contributed by atoms with Crippen molar-refractivity contribution in [2.45, 2.75) is 19.9 Å². The third-order valence-electron chi connectivity index (χ3n) is 1.73. The number of carbonyl (C=O) groups is 1. The quantitative estimate of drug-likeness (QED) is 0.761. The van der Waals surface area contributed by atoms with Gasteiger partial charge in [0.25, 0.3) is 0 Å². The van der Waals surface area contributed by atoms with Gasteiger partial charge in [0.1, 0.15) is 0 Å². The normalized spacial score (nSPS) is 10.2. The van der Waals surface area contributed by atoms with Crippen LogP contribution in [0.4, 0.5) is 5.69 Å². The van der Waals surface area contributed by atoms with E-state index in [2.05, 4.69) is 10.6 Å². The van der Waals surface area contributed by atoms with E-state index in [0.717, 1.165) is 5.69 Å². The van der Waals surface area contributed by atoms with Crippen LogP contribution in [0.3, 0.4) is 0 Å². The maximum Gasteiger partial charge on any atom is 0.238 e. The summed E-state index contributed by atoms with van der Waals surface area (Å²) in [5, 5.41) is 5.85. The van der Waals surface area contributed by atoms with Gasteiger partial charge in [0.05, 0.1) is 6.54 Å². The fourth-order valence-corrected chi connectivity index (χ4v) is 1.02. The SMILES string of the molecule is CC(C)NCC(=O)Nc1ccccc1. The van der Waals surface area contributed by atoms with Crippen LogP contribution in [-0.2, 0) is 4.79 Å². The number of rotatable bonds is 4. The first-order valence-corrected chi connectivity index (χ1v) is 4.77. The van der Waals surface area contributed by atoms with Gasteiger partial charge in [-0.05, 0) is 12.1 Å². The summed E-state index contributed by atoms with van der Waals surface area (Å²) in [6.45, 7) is 4.37. The number of hydrogen-bond acceptors (Lipinski definition) is 2. The Bertz CT molecular complexity index is 283. The molecule has 0 aliphatic carbocycles. The highest BCUT2D eigenvalue weighted by Gasteiger charge is 2.01. The Hall–Kier alpha value is -1.35. The molecule has 3 heteroatoms. The highest BCUT2D eigenvalue weighted by Crippen LogP contribution is 2.03. The van der Waals surface area contributed by atoms with Crippen LogP contribution in [0.2, 0.25) is 0 Å². The van der Waals surface area contributed by atoms with Gasteiger partial charge in [-0.2, -0.15) is 0 Å². The molecule has 1 rings (SSSR count). The molecule has 3 nitrogen and oxygen atoms in total. The zero-order valence-corrected chi connectivity index (χ0v) is 8.58. The number of nitrogens with one attached hydrogen (secondary N) is 2. The van der Waals surface area contributed by atoms with Crippen LogP contribution in [0, 0.1) is 0 Å². The van der Waals surface area contributed by atoms with E-state index in [1.54, 1.807) is 0 Å². The maximum atomic E-state index is 11.3. The van der Waals surface area contributed by atoms with E-state index >= 15 is 0 Å². The van der Waals surface area contributed by atoms with Gasteiger partial charge in [0, 0.05) is 11.7 Å². The lowest BCUT2D eigenvalue weighted by molar-refractivity contribution is -0.115. The molecule has 0 unspecified atom stereocenters. The van der Waals surface area contributed by atoms with Gasteiger partial charge < -0.3 is 10.6 Å². The molecule has 1 aromatic carbocycles. The van der Waals surface area contributed by atoms with Crippen LogP contribution < -0.4 is 10.6 Å². The summed E-state index contributed by atoms with van der Waals surface area (Å²) in [5.41, 5.74) is 0.836. The molecule has 0 fully saturated rings. The van der Waals surface area contributed by atoms with Gasteiger partial charge in [-0.25, -0.2) is 0 Å². The standard InChI is InChI=1S/C11H16N2O/c1-9(2)12-8-11(14)13-10-6-4-3-5-7-10/h3-7,9,12H,8H2,1-2H3,(H,13,14). The summed E-state index contributed by atoms with van der Waals surface area (Å²) in [5.74, 6) is -0.00935. The third kappa shape index (κ3) is 4.05. The minimum absolute atomic E-state index is 0.00935. The minimum Gasteiger partial charge on any atom is -0.325 e. The maximum absolute atomic E-state index is 11.3. The second-order valence-corrected chi connectivity index (χ2v) is 3.45. The van der Waals surface area contributed by atoms with Gasteiger partial charge in [-0.3, -0.25) is 4.79 Å². The van der Waals surface area contributed by atoms with E-state index in [9.17, 15) is 4.79 Å². The molecule has 0 heterocycles. The summed E-state index contributed by atoms with van der Waals surface area (Å²) >= 11 is 0. The Morgan fingerprint density at radius 2 is 1.93 bits per heavy atom. The van der Waals surface area contributed by atoms with E-state index in [1.807, 2.05) is 44.2 Å². The molecule has 14 heavy (non-hydrogen) atoms. The van der Waals surface area contributed by atoms with Gasteiger partial charge in [-0.15, -0.1) is 0 Å². The monoisotopic (exact) mass is 192 g/mol. The van der Waals surface area contributed by atoms with Crippen LogP contribution in [0.1, 0.15) is 13.8 Å². The average Bonchev–Trinajstić information content (AvgIpc) is 2.16. The van der Waals surface area contributed by atoms with Crippen molar-refractivity contribution in [2.24, 2.45) is 0 Å². The van der Waals surface area contributed by atoms with Gasteiger partial charge in [-0.1, -0.05) is 32.0 Å². The lowest BCUT2D eigenvalue weighted by atomic mass is 10.3. The van der Waals surface area contributed by atoms with E-state index < -0.39 is 0 Å². The molecule has 0 bridgehead atoms. The topological polar surface area (TPSA) is 41.1 Å². The largest absolute Gasteiger partial charge is 0.325 e. The van der Waals surface area contributed by atoms with Gasteiger partial charge >= 0.3 is 0 Å². The second kappa shape index (κ2) is 5.40. The number of anilines is 1. The molecular formula is C11H16N2O. The number of carbonyl (C=O) groups excluding carboxylic acids is 1. The van der Waals surface area contributed by atoms with Crippen LogP contribution >= 0.6 is 0 Å². The van der Waals surface area contributed by atoms with Crippen LogP contribution in [0.15, 0.2) is 30.3 Å². The number of benzene rings is 1. The Kier molecular flexibility index (Phi) is 4.13. The summed E-state index contributed by atoms with van der Waals surface area (Å²) in [6.07, 6.45) is 0. The zero-order valence-electron chi connectivity index (χ0n) is 8.58. The summed E-state index contributed by atoms with van der Waals surface area (Å²) in [6, 6.07) is 9.77. The molecule has 0 aromatic heterocycles. The lowest BCUT2D eigenvalue weighted by Gasteiger charge is -2.08. The molecular weight excluding hydrogens is 176 g/mol. The van der Waals surface area contributed by atoms with E-state index in [-0.39, 0.29) is 5.91 Å². The Morgan fingerprint density at radius 3 is 2.50 bits per heavy atom. The van der Waals surface area contributed by atoms with E-state index in [1.165, 1.54) is 0 Å². The van der Waals surface area contributed by atoms with Gasteiger partial charge in [0.15, 0.2) is 0 Å². The minimum atomic E-state index is -0.00935.